The summed E-state index contributed by atoms with van der Waals surface area (Å²) in [5.74, 6) is -0.858. The maximum Gasteiger partial charge on any atom is 0.261 e. The largest absolute Gasteiger partial charge is 0.271 e. The third-order valence-electron chi connectivity index (χ3n) is 13.1. The van der Waals surface area contributed by atoms with E-state index in [9.17, 15) is 19.2 Å². The zero-order chi connectivity index (χ0) is 41.1. The third-order valence-corrected chi connectivity index (χ3v) is 14.3. The number of fused-ring (bicyclic) bond motifs is 2. The highest BCUT2D eigenvalue weighted by atomic mass is 79.9. The molecule has 5 aromatic carbocycles. The lowest BCUT2D eigenvalue weighted by Gasteiger charge is -2.36. The van der Waals surface area contributed by atoms with E-state index in [1.54, 1.807) is 9.80 Å². The molecule has 2 aliphatic heterocycles. The van der Waals surface area contributed by atoms with Gasteiger partial charge in [-0.1, -0.05) is 174 Å². The standard InChI is InChI=1S/C50H60Br2N2O4/c1-5-9-13-17-21-31(22-18-14-10-6-2)53-47(55)35-27-25-33-44-40(52)30-38-42-36(28-26-34(46(42)44)43-39(51)29-37(49(53)57)41(35)45(33)43)48(56)54(50(38)58)32(23-19-15-11-7-3)24-20-16-12-8-4/h25-32H,5-24H2,1-4H3. The molecule has 8 heteroatoms. The number of hydrogen-bond acceptors (Lipinski definition) is 4. The minimum Gasteiger partial charge on any atom is -0.271 e. The summed E-state index contributed by atoms with van der Waals surface area (Å²) in [6, 6.07) is 11.4. The van der Waals surface area contributed by atoms with Gasteiger partial charge in [0.25, 0.3) is 23.6 Å². The van der Waals surface area contributed by atoms with Crippen molar-refractivity contribution < 1.29 is 19.2 Å². The van der Waals surface area contributed by atoms with E-state index in [4.69, 9.17) is 0 Å². The van der Waals surface area contributed by atoms with Gasteiger partial charge in [0.05, 0.1) is 0 Å². The highest BCUT2D eigenvalue weighted by Gasteiger charge is 2.41. The van der Waals surface area contributed by atoms with Crippen molar-refractivity contribution in [1.82, 2.24) is 9.80 Å². The molecule has 4 amide bonds. The summed E-state index contributed by atoms with van der Waals surface area (Å²) in [5.41, 5.74) is 2.21. The van der Waals surface area contributed by atoms with Crippen molar-refractivity contribution in [3.8, 4) is 0 Å². The highest BCUT2D eigenvalue weighted by Crippen LogP contribution is 2.51. The van der Waals surface area contributed by atoms with Crippen LogP contribution in [0.3, 0.4) is 0 Å². The van der Waals surface area contributed by atoms with E-state index in [-0.39, 0.29) is 35.7 Å². The van der Waals surface area contributed by atoms with Crippen molar-refractivity contribution in [1.29, 1.82) is 0 Å². The van der Waals surface area contributed by atoms with Crippen LogP contribution in [0.2, 0.25) is 0 Å². The number of benzene rings is 5. The number of carbonyl (C=O) groups excluding carboxylic acids is 4. The first-order valence-corrected chi connectivity index (χ1v) is 24.1. The fourth-order valence-corrected chi connectivity index (χ4v) is 11.4. The van der Waals surface area contributed by atoms with Gasteiger partial charge >= 0.3 is 0 Å². The molecule has 0 fully saturated rings. The average Bonchev–Trinajstić information content (AvgIpc) is 3.21. The quantitative estimate of drug-likeness (QED) is 0.0300. The Hall–Kier alpha value is -3.36. The van der Waals surface area contributed by atoms with Gasteiger partial charge in [-0.05, 0) is 60.7 Å². The average molecular weight is 913 g/mol. The number of imide groups is 2. The van der Waals surface area contributed by atoms with Crippen LogP contribution in [0.4, 0.5) is 0 Å². The van der Waals surface area contributed by atoms with Gasteiger partial charge in [0.15, 0.2) is 0 Å². The van der Waals surface area contributed by atoms with Crippen LogP contribution < -0.4 is 0 Å². The second-order valence-electron chi connectivity index (χ2n) is 17.0. The van der Waals surface area contributed by atoms with Crippen LogP contribution in [-0.2, 0) is 0 Å². The molecule has 0 bridgehead atoms. The lowest BCUT2D eigenvalue weighted by Crippen LogP contribution is -2.47. The van der Waals surface area contributed by atoms with Crippen LogP contribution in [0.15, 0.2) is 45.3 Å². The summed E-state index contributed by atoms with van der Waals surface area (Å²) in [6.07, 6.45) is 20.8. The molecular weight excluding hydrogens is 852 g/mol. The predicted molar refractivity (Wildman–Crippen MR) is 247 cm³/mol. The summed E-state index contributed by atoms with van der Waals surface area (Å²) < 4.78 is 1.52. The topological polar surface area (TPSA) is 74.8 Å². The van der Waals surface area contributed by atoms with E-state index >= 15 is 0 Å². The molecular formula is C50H60Br2N2O4. The molecule has 0 saturated carbocycles. The predicted octanol–water partition coefficient (Wildman–Crippen LogP) is 15.1. The maximum absolute atomic E-state index is 14.7. The van der Waals surface area contributed by atoms with E-state index in [0.29, 0.717) is 33.0 Å². The maximum atomic E-state index is 14.7. The molecule has 0 spiro atoms. The number of unbranched alkanes of at least 4 members (excludes halogenated alkanes) is 12. The fraction of sp³-hybridized carbons (Fsp3) is 0.520. The van der Waals surface area contributed by atoms with Gasteiger partial charge < -0.3 is 0 Å². The highest BCUT2D eigenvalue weighted by molar-refractivity contribution is 9.11. The van der Waals surface area contributed by atoms with Crippen molar-refractivity contribution in [2.24, 2.45) is 0 Å². The minimum absolute atomic E-state index is 0.143. The molecule has 6 nitrogen and oxygen atoms in total. The Bertz CT molecular complexity index is 2160. The Labute approximate surface area is 361 Å². The lowest BCUT2D eigenvalue weighted by molar-refractivity contribution is 0.0501. The zero-order valence-corrected chi connectivity index (χ0v) is 38.2. The molecule has 308 valence electrons. The molecule has 0 aliphatic carbocycles. The van der Waals surface area contributed by atoms with Crippen LogP contribution in [0.1, 0.15) is 198 Å². The van der Waals surface area contributed by atoms with Crippen LogP contribution in [0.5, 0.6) is 0 Å². The molecule has 0 saturated heterocycles. The Morgan fingerprint density at radius 1 is 0.397 bits per heavy atom. The summed E-state index contributed by atoms with van der Waals surface area (Å²) in [4.78, 5) is 61.9. The molecule has 2 aliphatic rings. The SMILES string of the molecule is CCCCCCC(CCCCCC)N1C(=O)c2ccc3c4c(Br)cc5c6c(ccc(c7c(Br)cc(c2c37)C1=O)c64)C(=O)N(C(CCCCCC)CCCCCC)C5=O. The molecule has 2 heterocycles. The first-order chi connectivity index (χ1) is 28.2. The summed E-state index contributed by atoms with van der Waals surface area (Å²) in [6.45, 7) is 8.80. The summed E-state index contributed by atoms with van der Waals surface area (Å²) in [7, 11) is 0. The Morgan fingerprint density at radius 2 is 0.707 bits per heavy atom. The van der Waals surface area contributed by atoms with Gasteiger partial charge in [0.2, 0.25) is 0 Å². The number of hydrogen-bond donors (Lipinski definition) is 0. The van der Waals surface area contributed by atoms with Crippen molar-refractivity contribution in [3.63, 3.8) is 0 Å². The second-order valence-corrected chi connectivity index (χ2v) is 18.8. The van der Waals surface area contributed by atoms with E-state index in [0.717, 1.165) is 170 Å². The van der Waals surface area contributed by atoms with Crippen LogP contribution in [0.25, 0.3) is 43.1 Å². The molecule has 0 atom stereocenters. The normalized spacial score (nSPS) is 14.4. The Kier molecular flexibility index (Phi) is 13.9. The van der Waals surface area contributed by atoms with Gasteiger partial charge in [0.1, 0.15) is 0 Å². The first kappa shape index (κ1) is 42.8. The first-order valence-electron chi connectivity index (χ1n) is 22.5. The monoisotopic (exact) mass is 910 g/mol. The molecule has 7 rings (SSSR count). The molecule has 0 unspecified atom stereocenters. The van der Waals surface area contributed by atoms with Gasteiger partial charge in [-0.25, -0.2) is 0 Å². The van der Waals surface area contributed by atoms with Crippen LogP contribution in [-0.4, -0.2) is 45.5 Å². The number of halogens is 2. The van der Waals surface area contributed by atoms with Crippen molar-refractivity contribution in [3.05, 3.63) is 67.6 Å². The van der Waals surface area contributed by atoms with Crippen LogP contribution >= 0.6 is 31.9 Å². The Morgan fingerprint density at radius 3 is 1.02 bits per heavy atom. The van der Waals surface area contributed by atoms with Crippen LogP contribution in [0, 0.1) is 0 Å². The van der Waals surface area contributed by atoms with Crippen molar-refractivity contribution >= 4 is 98.6 Å². The molecule has 0 radical (unpaired) electrons. The van der Waals surface area contributed by atoms with E-state index in [2.05, 4.69) is 59.6 Å². The van der Waals surface area contributed by atoms with Crippen molar-refractivity contribution in [2.75, 3.05) is 0 Å². The number of nitrogens with zero attached hydrogens (tertiary/aromatic N) is 2. The number of rotatable bonds is 22. The summed E-state index contributed by atoms with van der Waals surface area (Å²) >= 11 is 7.84. The lowest BCUT2D eigenvalue weighted by atomic mass is 9.81. The van der Waals surface area contributed by atoms with E-state index < -0.39 is 0 Å². The van der Waals surface area contributed by atoms with E-state index in [1.807, 2.05) is 36.4 Å². The fourth-order valence-electron chi connectivity index (χ4n) is 10.1. The smallest absolute Gasteiger partial charge is 0.261 e. The van der Waals surface area contributed by atoms with Crippen molar-refractivity contribution in [2.45, 2.75) is 168 Å². The third kappa shape index (κ3) is 7.74. The zero-order valence-electron chi connectivity index (χ0n) is 35.0. The molecule has 0 N–H and O–H groups in total. The molecule has 5 aromatic rings. The van der Waals surface area contributed by atoms with E-state index in [1.165, 1.54) is 0 Å². The summed E-state index contributed by atoms with van der Waals surface area (Å²) in [5, 5.41) is 6.64. The van der Waals surface area contributed by atoms with Gasteiger partial charge in [-0.15, -0.1) is 0 Å². The van der Waals surface area contributed by atoms with Gasteiger partial charge in [-0.2, -0.15) is 0 Å². The molecule has 58 heavy (non-hydrogen) atoms. The van der Waals surface area contributed by atoms with Gasteiger partial charge in [0, 0.05) is 75.6 Å². The Balaban J connectivity index is 1.35. The number of carbonyl (C=O) groups is 4. The number of amides is 4. The minimum atomic E-state index is -0.219. The second kappa shape index (κ2) is 18.9. The van der Waals surface area contributed by atoms with Gasteiger partial charge in [-0.3, -0.25) is 29.0 Å². The molecule has 0 aromatic heterocycles.